The third-order valence-electron chi connectivity index (χ3n) is 7.74. The molecule has 1 unspecified atom stereocenters. The minimum Gasteiger partial charge on any atom is -0.387 e. The van der Waals surface area contributed by atoms with Gasteiger partial charge in [0.15, 0.2) is 11.7 Å². The zero-order chi connectivity index (χ0) is 28.3. The highest BCUT2D eigenvalue weighted by atomic mass is 35.5. The predicted molar refractivity (Wildman–Crippen MR) is 163 cm³/mol. The van der Waals surface area contributed by atoms with Crippen LogP contribution in [0, 0.1) is 0 Å². The van der Waals surface area contributed by atoms with Crippen LogP contribution in [-0.2, 0) is 4.79 Å². The third-order valence-corrected chi connectivity index (χ3v) is 9.07. The number of aliphatic hydroxyl groups excluding tert-OH is 1. The molecule has 3 aromatic rings. The monoisotopic (exact) mass is 592 g/mol. The number of anilines is 2. The summed E-state index contributed by atoms with van der Waals surface area (Å²) >= 11 is 7.31. The van der Waals surface area contributed by atoms with Crippen LogP contribution in [0.2, 0.25) is 0 Å². The Labute approximate surface area is 248 Å². The quantitative estimate of drug-likeness (QED) is 0.122. The van der Waals surface area contributed by atoms with E-state index in [-0.39, 0.29) is 11.8 Å². The Hall–Kier alpha value is -3.47. The lowest BCUT2D eigenvalue weighted by Crippen LogP contribution is -2.40. The number of nitrogens with one attached hydrogen (secondary N) is 1. The first-order valence-corrected chi connectivity index (χ1v) is 15.7. The first-order chi connectivity index (χ1) is 20.1. The fourth-order valence-corrected chi connectivity index (χ4v) is 6.79. The van der Waals surface area contributed by atoms with E-state index in [0.717, 1.165) is 60.5 Å². The van der Waals surface area contributed by atoms with Crippen LogP contribution in [0.25, 0.3) is 28.1 Å². The van der Waals surface area contributed by atoms with E-state index in [1.165, 1.54) is 25.1 Å². The van der Waals surface area contributed by atoms with Crippen molar-refractivity contribution in [2.24, 2.45) is 0 Å². The second-order valence-corrected chi connectivity index (χ2v) is 11.8. The van der Waals surface area contributed by atoms with Crippen molar-refractivity contribution in [3.63, 3.8) is 0 Å². The van der Waals surface area contributed by atoms with Crippen LogP contribution in [0.1, 0.15) is 63.7 Å². The summed E-state index contributed by atoms with van der Waals surface area (Å²) in [5, 5.41) is 22.2. The number of aromatic nitrogens is 5. The van der Waals surface area contributed by atoms with Crippen molar-refractivity contribution in [3.8, 4) is 22.6 Å². The third kappa shape index (κ3) is 5.56. The maximum atomic E-state index is 11.8. The molecule has 1 fully saturated rings. The van der Waals surface area contributed by atoms with Gasteiger partial charge in [0.25, 0.3) is 0 Å². The number of hydrogen-bond donors (Lipinski definition) is 2. The van der Waals surface area contributed by atoms with Gasteiger partial charge in [-0.2, -0.15) is 8.47 Å². The van der Waals surface area contributed by atoms with E-state index in [2.05, 4.69) is 53.4 Å². The molecule has 9 nitrogen and oxygen atoms in total. The Morgan fingerprint density at radius 2 is 1.90 bits per heavy atom. The van der Waals surface area contributed by atoms with Gasteiger partial charge in [-0.1, -0.05) is 43.5 Å². The van der Waals surface area contributed by atoms with Crippen LogP contribution in [0.3, 0.4) is 0 Å². The fraction of sp³-hybridized carbons (Fsp3) is 0.400. The number of amides is 1. The average Bonchev–Trinajstić information content (AvgIpc) is 3.75. The van der Waals surface area contributed by atoms with E-state index in [1.807, 2.05) is 36.5 Å². The lowest BCUT2D eigenvalue weighted by Gasteiger charge is -2.23. The molecule has 214 valence electrons. The molecule has 0 radical (unpaired) electrons. The number of halogens is 1. The van der Waals surface area contributed by atoms with E-state index < -0.39 is 6.10 Å². The van der Waals surface area contributed by atoms with Crippen molar-refractivity contribution in [2.45, 2.75) is 58.0 Å². The van der Waals surface area contributed by atoms with Crippen molar-refractivity contribution in [1.29, 1.82) is 0 Å². The van der Waals surface area contributed by atoms with Crippen molar-refractivity contribution in [2.75, 3.05) is 29.2 Å². The molecule has 0 bridgehead atoms. The van der Waals surface area contributed by atoms with Gasteiger partial charge in [-0.25, -0.2) is 0 Å². The van der Waals surface area contributed by atoms with Crippen LogP contribution in [0.4, 0.5) is 11.5 Å². The summed E-state index contributed by atoms with van der Waals surface area (Å²) < 4.78 is 6.24. The molecule has 0 spiro atoms. The first-order valence-electron chi connectivity index (χ1n) is 14.4. The van der Waals surface area contributed by atoms with E-state index >= 15 is 0 Å². The SMILES string of the molecule is CCCCCC(O)c1cn(-c2ccc3c(-c4ccc(NC(=O)CCl)cc4)c4ccc(N5CCCCC5)[n+]-4sn23)nn1. The highest BCUT2D eigenvalue weighted by Crippen LogP contribution is 2.36. The molecule has 1 atom stereocenters. The molecule has 1 saturated heterocycles. The number of piperidine rings is 1. The molecule has 2 N–H and O–H groups in total. The molecule has 1 aromatic carbocycles. The van der Waals surface area contributed by atoms with Gasteiger partial charge in [-0.3, -0.25) is 9.69 Å². The Kier molecular flexibility index (Phi) is 8.23. The zero-order valence-corrected chi connectivity index (χ0v) is 24.7. The average molecular weight is 593 g/mol. The fourth-order valence-electron chi connectivity index (χ4n) is 5.59. The largest absolute Gasteiger partial charge is 0.387 e. The summed E-state index contributed by atoms with van der Waals surface area (Å²) in [6, 6.07) is 16.5. The molecule has 1 amide bonds. The Morgan fingerprint density at radius 3 is 2.66 bits per heavy atom. The van der Waals surface area contributed by atoms with Gasteiger partial charge in [0, 0.05) is 17.8 Å². The van der Waals surface area contributed by atoms with Crippen LogP contribution in [0.5, 0.6) is 0 Å². The highest BCUT2D eigenvalue weighted by Gasteiger charge is 2.30. The lowest BCUT2D eigenvalue weighted by molar-refractivity contribution is -0.505. The Balaban J connectivity index is 1.44. The van der Waals surface area contributed by atoms with Crippen LogP contribution >= 0.6 is 23.3 Å². The second-order valence-electron chi connectivity index (χ2n) is 10.6. The summed E-state index contributed by atoms with van der Waals surface area (Å²) in [7, 11) is 0. The molecule has 0 aliphatic carbocycles. The van der Waals surface area contributed by atoms with Crippen LogP contribution < -0.4 is 14.2 Å². The number of rotatable bonds is 10. The smallest absolute Gasteiger partial charge is 0.239 e. The number of unbranched alkanes of at least 4 members (excludes halogenated alkanes) is 2. The highest BCUT2D eigenvalue weighted by molar-refractivity contribution is 6.96. The van der Waals surface area contributed by atoms with Crippen LogP contribution in [-0.4, -0.2) is 48.8 Å². The van der Waals surface area contributed by atoms with Crippen molar-refractivity contribution < 1.29 is 13.9 Å². The zero-order valence-electron chi connectivity index (χ0n) is 23.2. The molecule has 3 aliphatic rings. The van der Waals surface area contributed by atoms with Gasteiger partial charge in [-0.15, -0.1) is 20.7 Å². The van der Waals surface area contributed by atoms with Gasteiger partial charge >= 0.3 is 0 Å². The second kappa shape index (κ2) is 12.2. The molecule has 2 aromatic heterocycles. The number of hydrogen-bond acceptors (Lipinski definition) is 6. The van der Waals surface area contributed by atoms with Crippen LogP contribution in [0.15, 0.2) is 54.7 Å². The molecular weight excluding hydrogens is 558 g/mol. The maximum Gasteiger partial charge on any atom is 0.239 e. The van der Waals surface area contributed by atoms with E-state index in [1.54, 1.807) is 16.4 Å². The lowest BCUT2D eigenvalue weighted by atomic mass is 10.0. The number of aliphatic hydroxyl groups is 1. The number of nitrogens with zero attached hydrogens (tertiary/aromatic N) is 6. The first kappa shape index (κ1) is 27.7. The summed E-state index contributed by atoms with van der Waals surface area (Å²) in [4.78, 5) is 14.3. The molecule has 11 heteroatoms. The number of alkyl halides is 1. The van der Waals surface area contributed by atoms with Crippen molar-refractivity contribution >= 4 is 46.3 Å². The van der Waals surface area contributed by atoms with E-state index in [9.17, 15) is 9.90 Å². The molecular formula is C30H35ClN7O2S+. The minimum atomic E-state index is -0.625. The van der Waals surface area contributed by atoms with Crippen molar-refractivity contribution in [1.82, 2.24) is 18.8 Å². The van der Waals surface area contributed by atoms with Gasteiger partial charge in [-0.05, 0) is 55.5 Å². The standard InChI is InChI=1S/C30H34ClN7O2S/c1-2-3-5-8-26(39)23-20-36(34-33-23)29-16-14-25-30(21-9-11-22(12-10-21)32-27(40)19-31)24-13-15-28(37(24)41-38(25)29)35-17-6-4-7-18-35/h9-16,20,26,39H,2-8,17-19H2,1H3/p+1. The molecule has 41 heavy (non-hydrogen) atoms. The topological polar surface area (TPSA) is 91.6 Å². The van der Waals surface area contributed by atoms with E-state index in [4.69, 9.17) is 11.6 Å². The molecule has 3 aliphatic heterocycles. The van der Waals surface area contributed by atoms with Gasteiger partial charge < -0.3 is 10.4 Å². The number of benzene rings is 1. The summed E-state index contributed by atoms with van der Waals surface area (Å²) in [5.41, 5.74) is 5.59. The van der Waals surface area contributed by atoms with Gasteiger partial charge in [0.05, 0.1) is 31.0 Å². The molecule has 6 rings (SSSR count). The minimum absolute atomic E-state index is 0.0841. The molecule has 5 heterocycles. The van der Waals surface area contributed by atoms with Gasteiger partial charge in [0.1, 0.15) is 22.8 Å². The van der Waals surface area contributed by atoms with Crippen molar-refractivity contribution in [3.05, 3.63) is 60.4 Å². The molecule has 0 saturated carbocycles. The number of carbonyl (C=O) groups is 1. The predicted octanol–water partition coefficient (Wildman–Crippen LogP) is 5.74. The normalized spacial score (nSPS) is 14.7. The summed E-state index contributed by atoms with van der Waals surface area (Å²) in [6.45, 7) is 4.24. The number of fused-ring (bicyclic) bond motifs is 2. The maximum absolute atomic E-state index is 11.8. The summed E-state index contributed by atoms with van der Waals surface area (Å²) in [6.07, 6.45) is 8.71. The Morgan fingerprint density at radius 1 is 1.10 bits per heavy atom. The number of carbonyl (C=O) groups excluding carboxylic acids is 1. The van der Waals surface area contributed by atoms with Gasteiger partial charge in [0.2, 0.25) is 17.5 Å². The van der Waals surface area contributed by atoms with E-state index in [0.29, 0.717) is 17.8 Å². The summed E-state index contributed by atoms with van der Waals surface area (Å²) in [5.74, 6) is 1.72. The Bertz CT molecular complexity index is 1600.